The topological polar surface area (TPSA) is 61.4 Å². The molecule has 0 saturated heterocycles. The molecule has 1 aromatic rings. The number of anilines is 1. The Hall–Kier alpha value is -1.01. The van der Waals surface area contributed by atoms with Crippen molar-refractivity contribution in [3.63, 3.8) is 0 Å². The summed E-state index contributed by atoms with van der Waals surface area (Å²) in [5.74, 6) is -0.537. The smallest absolute Gasteiger partial charge is 0.244 e. The number of para-hydroxylation sites is 1. The average Bonchev–Trinajstić information content (AvgIpc) is 2.34. The van der Waals surface area contributed by atoms with Gasteiger partial charge in [-0.25, -0.2) is 0 Å². The van der Waals surface area contributed by atoms with Crippen LogP contribution in [0.25, 0.3) is 0 Å². The minimum absolute atomic E-state index is 0. The molecule has 20 heavy (non-hydrogen) atoms. The van der Waals surface area contributed by atoms with Crippen molar-refractivity contribution in [2.75, 3.05) is 32.5 Å². The molecule has 0 spiro atoms. The molecule has 112 valence electrons. The van der Waals surface area contributed by atoms with Crippen LogP contribution in [0.1, 0.15) is 0 Å². The van der Waals surface area contributed by atoms with E-state index in [2.05, 4.69) is 10.6 Å². The highest BCUT2D eigenvalue weighted by Crippen LogP contribution is 2.29. The SMILES string of the molecule is CNCC(=O)N(C)CC(=O)Nc1c(Cl)cccc1Cl.Cl. The second-order valence-corrected chi connectivity index (χ2v) is 4.74. The summed E-state index contributed by atoms with van der Waals surface area (Å²) in [6.07, 6.45) is 0. The number of hydrogen-bond acceptors (Lipinski definition) is 3. The molecule has 0 aliphatic heterocycles. The third kappa shape index (κ3) is 5.54. The van der Waals surface area contributed by atoms with E-state index in [1.54, 1.807) is 32.3 Å². The van der Waals surface area contributed by atoms with Crippen LogP contribution < -0.4 is 10.6 Å². The Balaban J connectivity index is 0.00000361. The third-order valence-electron chi connectivity index (χ3n) is 2.36. The highest BCUT2D eigenvalue weighted by atomic mass is 35.5. The Morgan fingerprint density at radius 1 is 1.25 bits per heavy atom. The molecule has 2 N–H and O–H groups in total. The van der Waals surface area contributed by atoms with Gasteiger partial charge >= 0.3 is 0 Å². The summed E-state index contributed by atoms with van der Waals surface area (Å²) in [4.78, 5) is 24.6. The second-order valence-electron chi connectivity index (χ2n) is 3.92. The van der Waals surface area contributed by atoms with E-state index in [9.17, 15) is 9.59 Å². The first-order valence-electron chi connectivity index (χ1n) is 5.58. The zero-order chi connectivity index (χ0) is 14.4. The van der Waals surface area contributed by atoms with Gasteiger partial charge in [0, 0.05) is 7.05 Å². The Morgan fingerprint density at radius 3 is 2.30 bits per heavy atom. The van der Waals surface area contributed by atoms with Crippen LogP contribution in [-0.4, -0.2) is 43.9 Å². The lowest BCUT2D eigenvalue weighted by atomic mass is 10.3. The molecule has 0 heterocycles. The van der Waals surface area contributed by atoms with E-state index in [4.69, 9.17) is 23.2 Å². The predicted octanol–water partition coefficient (Wildman–Crippen LogP) is 2.03. The van der Waals surface area contributed by atoms with Crippen LogP contribution in [0.5, 0.6) is 0 Å². The first-order chi connectivity index (χ1) is 8.95. The van der Waals surface area contributed by atoms with Crippen LogP contribution in [0.2, 0.25) is 10.0 Å². The van der Waals surface area contributed by atoms with E-state index in [1.165, 1.54) is 4.90 Å². The fourth-order valence-electron chi connectivity index (χ4n) is 1.39. The van der Waals surface area contributed by atoms with Crippen molar-refractivity contribution in [1.29, 1.82) is 0 Å². The van der Waals surface area contributed by atoms with E-state index >= 15 is 0 Å². The van der Waals surface area contributed by atoms with E-state index in [0.29, 0.717) is 15.7 Å². The summed E-state index contributed by atoms with van der Waals surface area (Å²) in [5, 5.41) is 6.02. The quantitative estimate of drug-likeness (QED) is 0.862. The standard InChI is InChI=1S/C12H15Cl2N3O2.ClH/c1-15-6-11(19)17(2)7-10(18)16-12-8(13)4-3-5-9(12)14;/h3-5,15H,6-7H2,1-2H3,(H,16,18);1H. The Morgan fingerprint density at radius 2 is 1.80 bits per heavy atom. The summed E-state index contributed by atoms with van der Waals surface area (Å²) in [5.41, 5.74) is 0.352. The molecule has 0 radical (unpaired) electrons. The lowest BCUT2D eigenvalue weighted by molar-refractivity contribution is -0.132. The zero-order valence-corrected chi connectivity index (χ0v) is 13.4. The number of carbonyl (C=O) groups is 2. The van der Waals surface area contributed by atoms with Crippen LogP contribution in [0.15, 0.2) is 18.2 Å². The Kier molecular flexibility index (Phi) is 8.57. The van der Waals surface area contributed by atoms with Crippen molar-refractivity contribution >= 4 is 53.1 Å². The maximum Gasteiger partial charge on any atom is 0.244 e. The summed E-state index contributed by atoms with van der Waals surface area (Å²) >= 11 is 11.9. The van der Waals surface area contributed by atoms with Gasteiger partial charge < -0.3 is 15.5 Å². The van der Waals surface area contributed by atoms with E-state index in [0.717, 1.165) is 0 Å². The average molecular weight is 341 g/mol. The lowest BCUT2D eigenvalue weighted by Crippen LogP contribution is -2.39. The van der Waals surface area contributed by atoms with Gasteiger partial charge in [-0.1, -0.05) is 29.3 Å². The van der Waals surface area contributed by atoms with Gasteiger partial charge in [0.25, 0.3) is 0 Å². The number of nitrogens with zero attached hydrogens (tertiary/aromatic N) is 1. The zero-order valence-electron chi connectivity index (χ0n) is 11.1. The predicted molar refractivity (Wildman–Crippen MR) is 83.9 cm³/mol. The number of carbonyl (C=O) groups excluding carboxylic acids is 2. The van der Waals surface area contributed by atoms with Gasteiger partial charge in [0.05, 0.1) is 28.8 Å². The van der Waals surface area contributed by atoms with Gasteiger partial charge in [-0.05, 0) is 19.2 Å². The molecule has 1 rings (SSSR count). The van der Waals surface area contributed by atoms with Gasteiger partial charge in [-0.2, -0.15) is 0 Å². The van der Waals surface area contributed by atoms with Crippen molar-refractivity contribution in [2.45, 2.75) is 0 Å². The first kappa shape index (κ1) is 19.0. The molecule has 0 aliphatic rings. The highest BCUT2D eigenvalue weighted by Gasteiger charge is 2.14. The minimum Gasteiger partial charge on any atom is -0.335 e. The molecule has 2 amide bonds. The molecule has 0 saturated carbocycles. The van der Waals surface area contributed by atoms with Gasteiger partial charge in [0.2, 0.25) is 11.8 Å². The molecule has 5 nitrogen and oxygen atoms in total. The number of benzene rings is 1. The van der Waals surface area contributed by atoms with E-state index in [-0.39, 0.29) is 37.3 Å². The molecule has 0 bridgehead atoms. The minimum atomic E-state index is -0.359. The molecular weight excluding hydrogens is 325 g/mol. The number of rotatable bonds is 5. The van der Waals surface area contributed by atoms with Crippen molar-refractivity contribution in [2.24, 2.45) is 0 Å². The van der Waals surface area contributed by atoms with Crippen molar-refractivity contribution < 1.29 is 9.59 Å². The highest BCUT2D eigenvalue weighted by molar-refractivity contribution is 6.39. The maximum absolute atomic E-state index is 11.8. The molecular formula is C12H16Cl3N3O2. The van der Waals surface area contributed by atoms with Crippen LogP contribution >= 0.6 is 35.6 Å². The summed E-state index contributed by atoms with van der Waals surface area (Å²) in [7, 11) is 3.21. The van der Waals surface area contributed by atoms with Crippen LogP contribution in [0.4, 0.5) is 5.69 Å². The van der Waals surface area contributed by atoms with Gasteiger partial charge in [0.1, 0.15) is 0 Å². The van der Waals surface area contributed by atoms with Gasteiger partial charge in [-0.15, -0.1) is 12.4 Å². The van der Waals surface area contributed by atoms with Crippen LogP contribution in [0, 0.1) is 0 Å². The fraction of sp³-hybridized carbons (Fsp3) is 0.333. The largest absolute Gasteiger partial charge is 0.335 e. The van der Waals surface area contributed by atoms with Crippen LogP contribution in [0.3, 0.4) is 0 Å². The first-order valence-corrected chi connectivity index (χ1v) is 6.33. The summed E-state index contributed by atoms with van der Waals surface area (Å²) < 4.78 is 0. The van der Waals surface area contributed by atoms with Crippen LogP contribution in [-0.2, 0) is 9.59 Å². The lowest BCUT2D eigenvalue weighted by Gasteiger charge is -2.17. The van der Waals surface area contributed by atoms with Gasteiger partial charge in [-0.3, -0.25) is 9.59 Å². The molecule has 8 heteroatoms. The van der Waals surface area contributed by atoms with Gasteiger partial charge in [0.15, 0.2) is 0 Å². The van der Waals surface area contributed by atoms with Crippen molar-refractivity contribution in [1.82, 2.24) is 10.2 Å². The maximum atomic E-state index is 11.8. The molecule has 1 aromatic carbocycles. The molecule has 0 atom stereocenters. The number of amides is 2. The molecule has 0 aromatic heterocycles. The Labute approximate surface area is 134 Å². The van der Waals surface area contributed by atoms with Crippen molar-refractivity contribution in [3.8, 4) is 0 Å². The fourth-order valence-corrected chi connectivity index (χ4v) is 1.88. The normalized spacial score (nSPS) is 9.60. The molecule has 0 aliphatic carbocycles. The summed E-state index contributed by atoms with van der Waals surface area (Å²) in [6.45, 7) is 0.110. The number of likely N-dealkylation sites (N-methyl/N-ethyl adjacent to an activating group) is 2. The number of hydrogen-bond donors (Lipinski definition) is 2. The number of halogens is 3. The molecule has 0 fully saturated rings. The summed E-state index contributed by atoms with van der Waals surface area (Å²) in [6, 6.07) is 4.93. The second kappa shape index (κ2) is 9.02. The monoisotopic (exact) mass is 339 g/mol. The van der Waals surface area contributed by atoms with Crippen molar-refractivity contribution in [3.05, 3.63) is 28.2 Å². The third-order valence-corrected chi connectivity index (χ3v) is 2.99. The number of nitrogens with one attached hydrogen (secondary N) is 2. The van der Waals surface area contributed by atoms with E-state index in [1.807, 2.05) is 0 Å². The Bertz CT molecular complexity index is 463. The molecule has 0 unspecified atom stereocenters. The van der Waals surface area contributed by atoms with E-state index < -0.39 is 0 Å².